The molecule has 0 radical (unpaired) electrons. The number of nitrogens with one attached hydrogen (secondary N) is 1. The molecule has 1 aliphatic rings. The molecule has 2 aromatic carbocycles. The third-order valence-corrected chi connectivity index (χ3v) is 3.54. The van der Waals surface area contributed by atoms with E-state index in [-0.39, 0.29) is 11.8 Å². The fourth-order valence-electron chi connectivity index (χ4n) is 2.63. The van der Waals surface area contributed by atoms with Crippen LogP contribution in [0.25, 0.3) is 0 Å². The lowest BCUT2D eigenvalue weighted by molar-refractivity contribution is 0.0972. The molecule has 0 spiro atoms. The lowest BCUT2D eigenvalue weighted by Gasteiger charge is -2.27. The molecule has 1 aliphatic heterocycles. The van der Waals surface area contributed by atoms with Crippen molar-refractivity contribution >= 4 is 11.5 Å². The fraction of sp³-hybridized carbons (Fsp3) is 0.235. The van der Waals surface area contributed by atoms with Crippen molar-refractivity contribution in [3.05, 3.63) is 59.7 Å². The van der Waals surface area contributed by atoms with Gasteiger partial charge in [-0.05, 0) is 25.1 Å². The predicted octanol–water partition coefficient (Wildman–Crippen LogP) is 3.82. The van der Waals surface area contributed by atoms with E-state index in [4.69, 9.17) is 4.74 Å². The largest absolute Gasteiger partial charge is 0.494 e. The van der Waals surface area contributed by atoms with Gasteiger partial charge in [0.05, 0.1) is 12.6 Å². The van der Waals surface area contributed by atoms with E-state index in [1.54, 1.807) is 0 Å². The highest BCUT2D eigenvalue weighted by molar-refractivity contribution is 6.03. The third kappa shape index (κ3) is 2.27. The van der Waals surface area contributed by atoms with E-state index < -0.39 is 0 Å². The van der Waals surface area contributed by atoms with Gasteiger partial charge >= 0.3 is 0 Å². The number of anilines is 1. The minimum Gasteiger partial charge on any atom is -0.494 e. The second kappa shape index (κ2) is 5.37. The van der Waals surface area contributed by atoms with Crippen LogP contribution in [0.2, 0.25) is 0 Å². The third-order valence-electron chi connectivity index (χ3n) is 3.54. The van der Waals surface area contributed by atoms with Crippen molar-refractivity contribution in [2.75, 3.05) is 11.9 Å². The van der Waals surface area contributed by atoms with Crippen LogP contribution in [-0.2, 0) is 0 Å². The monoisotopic (exact) mass is 267 g/mol. The zero-order chi connectivity index (χ0) is 13.9. The molecule has 0 aliphatic carbocycles. The first-order valence-electron chi connectivity index (χ1n) is 6.90. The van der Waals surface area contributed by atoms with E-state index in [0.717, 1.165) is 22.6 Å². The summed E-state index contributed by atoms with van der Waals surface area (Å²) in [5, 5.41) is 3.44. The Hall–Kier alpha value is -2.29. The normalized spacial score (nSPS) is 17.2. The van der Waals surface area contributed by atoms with Crippen LogP contribution in [0.5, 0.6) is 5.75 Å². The van der Waals surface area contributed by atoms with E-state index in [0.29, 0.717) is 13.0 Å². The molecule has 0 saturated heterocycles. The second-order valence-electron chi connectivity index (χ2n) is 4.84. The smallest absolute Gasteiger partial charge is 0.167 e. The highest BCUT2D eigenvalue weighted by Gasteiger charge is 2.26. The number of para-hydroxylation sites is 2. The number of carbonyl (C=O) groups is 1. The Morgan fingerprint density at radius 3 is 2.75 bits per heavy atom. The van der Waals surface area contributed by atoms with E-state index in [2.05, 4.69) is 5.32 Å². The van der Waals surface area contributed by atoms with Crippen LogP contribution in [0.3, 0.4) is 0 Å². The number of hydrogen-bond acceptors (Lipinski definition) is 3. The van der Waals surface area contributed by atoms with Gasteiger partial charge in [0, 0.05) is 23.2 Å². The minimum absolute atomic E-state index is 0.0276. The van der Waals surface area contributed by atoms with Crippen molar-refractivity contribution in [2.24, 2.45) is 0 Å². The molecule has 0 bridgehead atoms. The minimum atomic E-state index is -0.0276. The zero-order valence-corrected chi connectivity index (χ0v) is 11.4. The number of carbonyl (C=O) groups excluding carboxylic acids is 1. The maximum absolute atomic E-state index is 12.3. The molecule has 20 heavy (non-hydrogen) atoms. The number of benzene rings is 2. The van der Waals surface area contributed by atoms with E-state index in [9.17, 15) is 4.79 Å². The molecule has 1 heterocycles. The molecule has 0 aromatic heterocycles. The Balaban J connectivity index is 1.96. The van der Waals surface area contributed by atoms with E-state index in [1.165, 1.54) is 0 Å². The summed E-state index contributed by atoms with van der Waals surface area (Å²) in [5.41, 5.74) is 2.72. The second-order valence-corrected chi connectivity index (χ2v) is 4.84. The van der Waals surface area contributed by atoms with Crippen molar-refractivity contribution in [1.82, 2.24) is 0 Å². The first-order valence-corrected chi connectivity index (χ1v) is 6.90. The molecule has 3 rings (SSSR count). The highest BCUT2D eigenvalue weighted by atomic mass is 16.5. The molecule has 3 heteroatoms. The molecule has 1 unspecified atom stereocenters. The number of Topliss-reactive ketones (excluding diaryl/α,β-unsaturated/α-hetero) is 1. The lowest BCUT2D eigenvalue weighted by atomic mass is 9.92. The SMILES string of the molecule is CCOc1ccccc1C1CC(=O)c2ccccc2N1. The van der Waals surface area contributed by atoms with Crippen LogP contribution in [0.1, 0.15) is 35.3 Å². The average Bonchev–Trinajstić information content (AvgIpc) is 2.48. The van der Waals surface area contributed by atoms with Crippen molar-refractivity contribution in [2.45, 2.75) is 19.4 Å². The van der Waals surface area contributed by atoms with E-state index in [1.807, 2.05) is 55.5 Å². The summed E-state index contributed by atoms with van der Waals surface area (Å²) in [6.07, 6.45) is 0.459. The Labute approximate surface area is 118 Å². The van der Waals surface area contributed by atoms with Crippen LogP contribution >= 0.6 is 0 Å². The molecule has 102 valence electrons. The Morgan fingerprint density at radius 1 is 1.15 bits per heavy atom. The van der Waals surface area contributed by atoms with Crippen LogP contribution in [0, 0.1) is 0 Å². The van der Waals surface area contributed by atoms with Crippen molar-refractivity contribution in [1.29, 1.82) is 0 Å². The first kappa shape index (κ1) is 12.7. The summed E-state index contributed by atoms with van der Waals surface area (Å²) in [4.78, 5) is 12.3. The Bertz CT molecular complexity index is 636. The van der Waals surface area contributed by atoms with Gasteiger partial charge < -0.3 is 10.1 Å². The number of ether oxygens (including phenoxy) is 1. The zero-order valence-electron chi connectivity index (χ0n) is 11.4. The molecule has 0 amide bonds. The van der Waals surface area contributed by atoms with Gasteiger partial charge in [0.25, 0.3) is 0 Å². The summed E-state index contributed by atoms with van der Waals surface area (Å²) in [7, 11) is 0. The molecule has 0 saturated carbocycles. The summed E-state index contributed by atoms with van der Waals surface area (Å²) in [6, 6.07) is 15.5. The Morgan fingerprint density at radius 2 is 1.90 bits per heavy atom. The van der Waals surface area contributed by atoms with Gasteiger partial charge in [0.1, 0.15) is 5.75 Å². The summed E-state index contributed by atoms with van der Waals surface area (Å²) >= 11 is 0. The van der Waals surface area contributed by atoms with Crippen LogP contribution < -0.4 is 10.1 Å². The number of rotatable bonds is 3. The van der Waals surface area contributed by atoms with Crippen molar-refractivity contribution in [3.8, 4) is 5.75 Å². The quantitative estimate of drug-likeness (QED) is 0.918. The van der Waals surface area contributed by atoms with Crippen LogP contribution in [0.4, 0.5) is 5.69 Å². The predicted molar refractivity (Wildman–Crippen MR) is 79.4 cm³/mol. The Kier molecular flexibility index (Phi) is 3.42. The molecule has 1 N–H and O–H groups in total. The summed E-state index contributed by atoms with van der Waals surface area (Å²) in [5.74, 6) is 1.02. The molecular weight excluding hydrogens is 250 g/mol. The van der Waals surface area contributed by atoms with E-state index >= 15 is 0 Å². The number of ketones is 1. The topological polar surface area (TPSA) is 38.3 Å². The molecule has 2 aromatic rings. The maximum Gasteiger partial charge on any atom is 0.167 e. The van der Waals surface area contributed by atoms with Gasteiger partial charge in [-0.1, -0.05) is 30.3 Å². The molecule has 0 fully saturated rings. The highest BCUT2D eigenvalue weighted by Crippen LogP contribution is 2.36. The lowest BCUT2D eigenvalue weighted by Crippen LogP contribution is -2.23. The van der Waals surface area contributed by atoms with Gasteiger partial charge in [-0.25, -0.2) is 0 Å². The summed E-state index contributed by atoms with van der Waals surface area (Å²) in [6.45, 7) is 2.58. The van der Waals surface area contributed by atoms with Crippen LogP contribution in [-0.4, -0.2) is 12.4 Å². The maximum atomic E-state index is 12.3. The van der Waals surface area contributed by atoms with Gasteiger partial charge in [-0.2, -0.15) is 0 Å². The fourth-order valence-corrected chi connectivity index (χ4v) is 2.63. The molecule has 3 nitrogen and oxygen atoms in total. The van der Waals surface area contributed by atoms with Crippen molar-refractivity contribution in [3.63, 3.8) is 0 Å². The van der Waals surface area contributed by atoms with Crippen molar-refractivity contribution < 1.29 is 9.53 Å². The standard InChI is InChI=1S/C17H17NO2/c1-2-20-17-10-6-4-8-13(17)15-11-16(19)12-7-3-5-9-14(12)18-15/h3-10,15,18H,2,11H2,1H3. The van der Waals surface area contributed by atoms with Crippen LogP contribution in [0.15, 0.2) is 48.5 Å². The number of fused-ring (bicyclic) bond motifs is 1. The van der Waals surface area contributed by atoms with Gasteiger partial charge in [-0.3, -0.25) is 4.79 Å². The first-order chi connectivity index (χ1) is 9.79. The average molecular weight is 267 g/mol. The van der Waals surface area contributed by atoms with Gasteiger partial charge in [0.15, 0.2) is 5.78 Å². The van der Waals surface area contributed by atoms with Gasteiger partial charge in [-0.15, -0.1) is 0 Å². The summed E-state index contributed by atoms with van der Waals surface area (Å²) < 4.78 is 5.66. The molecule has 1 atom stereocenters. The molecular formula is C17H17NO2. The van der Waals surface area contributed by atoms with Gasteiger partial charge in [0.2, 0.25) is 0 Å². The number of hydrogen-bond donors (Lipinski definition) is 1.